The summed E-state index contributed by atoms with van der Waals surface area (Å²) in [6.45, 7) is 0.592. The van der Waals surface area contributed by atoms with Crippen LogP contribution in [0.2, 0.25) is 5.02 Å². The maximum atomic E-state index is 12.7. The van der Waals surface area contributed by atoms with Crippen molar-refractivity contribution in [3.63, 3.8) is 0 Å². The molecule has 1 aliphatic heterocycles. The highest BCUT2D eigenvalue weighted by atomic mass is 35.5. The second-order valence-corrected chi connectivity index (χ2v) is 8.56. The Morgan fingerprint density at radius 3 is 2.60 bits per heavy atom. The Hall–Kier alpha value is -2.05. The zero-order valence-corrected chi connectivity index (χ0v) is 15.3. The van der Waals surface area contributed by atoms with Crippen LogP contribution in [0.15, 0.2) is 53.4 Å². The van der Waals surface area contributed by atoms with Crippen molar-refractivity contribution in [3.8, 4) is 5.75 Å². The molecule has 1 saturated heterocycles. The normalized spacial score (nSPS) is 17.5. The first-order valence-corrected chi connectivity index (χ1v) is 9.77. The lowest BCUT2D eigenvalue weighted by molar-refractivity contribution is 0.0793. The van der Waals surface area contributed by atoms with Gasteiger partial charge in [-0.3, -0.25) is 4.79 Å². The van der Waals surface area contributed by atoms with Crippen LogP contribution in [0.4, 0.5) is 0 Å². The van der Waals surface area contributed by atoms with Gasteiger partial charge in [-0.1, -0.05) is 17.7 Å². The van der Waals surface area contributed by atoms with Crippen LogP contribution >= 0.6 is 11.6 Å². The van der Waals surface area contributed by atoms with Gasteiger partial charge in [0.1, 0.15) is 5.75 Å². The second-order valence-electron chi connectivity index (χ2n) is 5.89. The molecule has 2 aromatic carbocycles. The SMILES string of the molecule is COc1cccc(C(=O)N2CCC(S(=O)(=O)c3ccc(Cl)cc3)C2)c1. The number of likely N-dealkylation sites (tertiary alicyclic amines) is 1. The highest BCUT2D eigenvalue weighted by Gasteiger charge is 2.36. The molecule has 0 radical (unpaired) electrons. The summed E-state index contributed by atoms with van der Waals surface area (Å²) in [5, 5.41) is -0.122. The van der Waals surface area contributed by atoms with Gasteiger partial charge < -0.3 is 9.64 Å². The zero-order valence-electron chi connectivity index (χ0n) is 13.7. The fraction of sp³-hybridized carbons (Fsp3) is 0.278. The van der Waals surface area contributed by atoms with Crippen LogP contribution in [0.3, 0.4) is 0 Å². The summed E-state index contributed by atoms with van der Waals surface area (Å²) < 4.78 is 30.6. The standard InChI is InChI=1S/C18H18ClNO4S/c1-24-15-4-2-3-13(11-15)18(21)20-10-9-17(12-20)25(22,23)16-7-5-14(19)6-8-16/h2-8,11,17H,9-10,12H2,1H3. The van der Waals surface area contributed by atoms with E-state index in [1.54, 1.807) is 41.3 Å². The van der Waals surface area contributed by atoms with E-state index in [1.807, 2.05) is 0 Å². The number of sulfone groups is 1. The van der Waals surface area contributed by atoms with E-state index in [-0.39, 0.29) is 17.3 Å². The van der Waals surface area contributed by atoms with Crippen LogP contribution in [-0.2, 0) is 9.84 Å². The molecule has 1 unspecified atom stereocenters. The molecule has 1 atom stereocenters. The van der Waals surface area contributed by atoms with E-state index < -0.39 is 15.1 Å². The summed E-state index contributed by atoms with van der Waals surface area (Å²) in [5.41, 5.74) is 0.490. The highest BCUT2D eigenvalue weighted by Crippen LogP contribution is 2.26. The molecule has 1 fully saturated rings. The topological polar surface area (TPSA) is 63.7 Å². The summed E-state index contributed by atoms with van der Waals surface area (Å²) in [6, 6.07) is 13.0. The lowest BCUT2D eigenvalue weighted by Crippen LogP contribution is -2.31. The average Bonchev–Trinajstić information content (AvgIpc) is 3.12. The van der Waals surface area contributed by atoms with Crippen LogP contribution < -0.4 is 4.74 Å². The minimum absolute atomic E-state index is 0.182. The summed E-state index contributed by atoms with van der Waals surface area (Å²) in [4.78, 5) is 14.4. The molecule has 0 bridgehead atoms. The molecule has 5 nitrogen and oxygen atoms in total. The smallest absolute Gasteiger partial charge is 0.254 e. The molecule has 0 aromatic heterocycles. The van der Waals surface area contributed by atoms with Gasteiger partial charge in [-0.05, 0) is 48.9 Å². The van der Waals surface area contributed by atoms with E-state index >= 15 is 0 Å². The Balaban J connectivity index is 1.76. The van der Waals surface area contributed by atoms with Gasteiger partial charge in [-0.2, -0.15) is 0 Å². The summed E-state index contributed by atoms with van der Waals surface area (Å²) in [7, 11) is -1.96. The van der Waals surface area contributed by atoms with Crippen molar-refractivity contribution in [2.45, 2.75) is 16.6 Å². The average molecular weight is 380 g/mol. The van der Waals surface area contributed by atoms with E-state index in [0.717, 1.165) is 0 Å². The molecule has 25 heavy (non-hydrogen) atoms. The van der Waals surface area contributed by atoms with Crippen LogP contribution in [-0.4, -0.2) is 44.7 Å². The predicted molar refractivity (Wildman–Crippen MR) is 95.9 cm³/mol. The monoisotopic (exact) mass is 379 g/mol. The lowest BCUT2D eigenvalue weighted by atomic mass is 10.2. The van der Waals surface area contributed by atoms with Crippen molar-refractivity contribution >= 4 is 27.3 Å². The first-order valence-electron chi connectivity index (χ1n) is 7.84. The van der Waals surface area contributed by atoms with Crippen LogP contribution in [0.25, 0.3) is 0 Å². The lowest BCUT2D eigenvalue weighted by Gasteiger charge is -2.17. The molecule has 132 valence electrons. The molecule has 0 spiro atoms. The number of halogens is 1. The number of benzene rings is 2. The third-order valence-electron chi connectivity index (χ3n) is 4.33. The fourth-order valence-corrected chi connectivity index (χ4v) is 4.74. The molecule has 1 amide bonds. The number of methoxy groups -OCH3 is 1. The molecular weight excluding hydrogens is 362 g/mol. The maximum absolute atomic E-state index is 12.7. The Bertz CT molecular complexity index is 880. The number of amides is 1. The van der Waals surface area contributed by atoms with Crippen LogP contribution in [0.5, 0.6) is 5.75 Å². The number of rotatable bonds is 4. The molecule has 3 rings (SSSR count). The van der Waals surface area contributed by atoms with Gasteiger partial charge in [0.25, 0.3) is 5.91 Å². The number of carbonyl (C=O) groups excluding carboxylic acids is 1. The van der Waals surface area contributed by atoms with E-state index in [1.165, 1.54) is 19.2 Å². The maximum Gasteiger partial charge on any atom is 0.254 e. The Labute approximate surface area is 152 Å². The van der Waals surface area contributed by atoms with E-state index in [2.05, 4.69) is 0 Å². The van der Waals surface area contributed by atoms with Crippen molar-refractivity contribution in [3.05, 3.63) is 59.1 Å². The van der Waals surface area contributed by atoms with Crippen molar-refractivity contribution < 1.29 is 17.9 Å². The van der Waals surface area contributed by atoms with Crippen LogP contribution in [0, 0.1) is 0 Å². The molecule has 0 aliphatic carbocycles. The fourth-order valence-electron chi connectivity index (χ4n) is 2.92. The quantitative estimate of drug-likeness (QED) is 0.819. The van der Waals surface area contributed by atoms with Gasteiger partial charge >= 0.3 is 0 Å². The highest BCUT2D eigenvalue weighted by molar-refractivity contribution is 7.92. The zero-order chi connectivity index (χ0) is 18.0. The summed E-state index contributed by atoms with van der Waals surface area (Å²) in [6.07, 6.45) is 0.417. The number of ether oxygens (including phenoxy) is 1. The van der Waals surface area contributed by atoms with Crippen molar-refractivity contribution in [1.82, 2.24) is 4.90 Å². The van der Waals surface area contributed by atoms with Gasteiger partial charge in [0.05, 0.1) is 17.3 Å². The molecule has 1 aliphatic rings. The minimum atomic E-state index is -3.49. The Morgan fingerprint density at radius 1 is 1.20 bits per heavy atom. The molecule has 2 aromatic rings. The first kappa shape index (κ1) is 17.8. The van der Waals surface area contributed by atoms with E-state index in [4.69, 9.17) is 16.3 Å². The molecule has 0 N–H and O–H groups in total. The summed E-state index contributed by atoms with van der Waals surface area (Å²) >= 11 is 5.82. The number of nitrogens with zero attached hydrogens (tertiary/aromatic N) is 1. The Kier molecular flexibility index (Phi) is 5.01. The first-order chi connectivity index (χ1) is 11.9. The van der Waals surface area contributed by atoms with Gasteiger partial charge in [-0.15, -0.1) is 0 Å². The Morgan fingerprint density at radius 2 is 1.92 bits per heavy atom. The van der Waals surface area contributed by atoms with Gasteiger partial charge in [0, 0.05) is 23.7 Å². The number of hydrogen-bond acceptors (Lipinski definition) is 4. The largest absolute Gasteiger partial charge is 0.497 e. The van der Waals surface area contributed by atoms with Crippen molar-refractivity contribution in [2.24, 2.45) is 0 Å². The number of hydrogen-bond donors (Lipinski definition) is 0. The molecule has 1 heterocycles. The van der Waals surface area contributed by atoms with Gasteiger partial charge in [0.15, 0.2) is 9.84 Å². The van der Waals surface area contributed by atoms with E-state index in [0.29, 0.717) is 29.3 Å². The van der Waals surface area contributed by atoms with E-state index in [9.17, 15) is 13.2 Å². The van der Waals surface area contributed by atoms with Gasteiger partial charge in [-0.25, -0.2) is 8.42 Å². The number of carbonyl (C=O) groups is 1. The minimum Gasteiger partial charge on any atom is -0.497 e. The molecular formula is C18H18ClNO4S. The molecule has 0 saturated carbocycles. The third-order valence-corrected chi connectivity index (χ3v) is 6.77. The van der Waals surface area contributed by atoms with Gasteiger partial charge in [0.2, 0.25) is 0 Å². The predicted octanol–water partition coefficient (Wildman–Crippen LogP) is 3.04. The molecule has 7 heteroatoms. The van der Waals surface area contributed by atoms with Crippen LogP contribution in [0.1, 0.15) is 16.8 Å². The second kappa shape index (κ2) is 7.06. The summed E-state index contributed by atoms with van der Waals surface area (Å²) in [5.74, 6) is 0.406. The van der Waals surface area contributed by atoms with Crippen molar-refractivity contribution in [1.29, 1.82) is 0 Å². The van der Waals surface area contributed by atoms with Crippen molar-refractivity contribution in [2.75, 3.05) is 20.2 Å². The third kappa shape index (κ3) is 3.65.